The minimum absolute atomic E-state index is 0.175. The van der Waals surface area contributed by atoms with Gasteiger partial charge in [0.1, 0.15) is 28.0 Å². The number of halogens is 1. The van der Waals surface area contributed by atoms with Crippen molar-refractivity contribution in [3.05, 3.63) is 89.4 Å². The van der Waals surface area contributed by atoms with Gasteiger partial charge in [-0.25, -0.2) is 9.37 Å². The second kappa shape index (κ2) is 11.7. The van der Waals surface area contributed by atoms with E-state index in [0.29, 0.717) is 52.9 Å². The molecule has 210 valence electrons. The van der Waals surface area contributed by atoms with E-state index in [1.54, 1.807) is 30.2 Å². The normalized spacial score (nSPS) is 16.1. The van der Waals surface area contributed by atoms with Crippen molar-refractivity contribution in [1.29, 1.82) is 0 Å². The van der Waals surface area contributed by atoms with Gasteiger partial charge in [0, 0.05) is 47.8 Å². The van der Waals surface area contributed by atoms with E-state index >= 15 is 4.39 Å². The third-order valence-corrected chi connectivity index (χ3v) is 8.78. The van der Waals surface area contributed by atoms with Crippen LogP contribution in [-0.2, 0) is 6.42 Å². The number of hydrogen-bond donors (Lipinski definition) is 1. The molecule has 0 aliphatic carbocycles. The summed E-state index contributed by atoms with van der Waals surface area (Å²) in [7, 11) is 1.59. The molecular weight excluding hydrogens is 541 g/mol. The zero-order chi connectivity index (χ0) is 28.3. The highest BCUT2D eigenvalue weighted by Gasteiger charge is 2.32. The number of fused-ring (bicyclic) bond motifs is 1. The minimum Gasteiger partial charge on any atom is -0.497 e. The summed E-state index contributed by atoms with van der Waals surface area (Å²) >= 11 is 1.28. The number of amides is 2. The summed E-state index contributed by atoms with van der Waals surface area (Å²) in [6.07, 6.45) is 3.25. The molecule has 0 unspecified atom stereocenters. The standard InChI is InChI=1S/C32H30FN3O4S/c1-39-22-10-6-8-20(18-22)31-35-28(29(41-31)25-11-2-3-13-26(25)33)32(38)36-16-5-4-9-21(36)19-34-30(37)24-12-7-14-27-23(24)15-17-40-27/h2-3,6-8,10-14,18,21H,4-5,9,15-17,19H2,1H3,(H,34,37)/t21-/m0/s1. The van der Waals surface area contributed by atoms with Gasteiger partial charge in [0.25, 0.3) is 11.8 Å². The Morgan fingerprint density at radius 2 is 1.98 bits per heavy atom. The number of carbonyl (C=O) groups excluding carboxylic acids is 2. The highest BCUT2D eigenvalue weighted by molar-refractivity contribution is 7.18. The molecule has 1 atom stereocenters. The van der Waals surface area contributed by atoms with Gasteiger partial charge in [-0.1, -0.05) is 36.4 Å². The predicted octanol–water partition coefficient (Wildman–Crippen LogP) is 5.98. The third-order valence-electron chi connectivity index (χ3n) is 7.64. The lowest BCUT2D eigenvalue weighted by molar-refractivity contribution is 0.0598. The molecule has 41 heavy (non-hydrogen) atoms. The highest BCUT2D eigenvalue weighted by atomic mass is 32.1. The summed E-state index contributed by atoms with van der Waals surface area (Å²) < 4.78 is 26.0. The van der Waals surface area contributed by atoms with Crippen LogP contribution in [0.2, 0.25) is 0 Å². The molecule has 2 amide bonds. The number of thiazole rings is 1. The molecule has 1 aromatic heterocycles. The number of benzene rings is 3. The Morgan fingerprint density at radius 1 is 1.12 bits per heavy atom. The van der Waals surface area contributed by atoms with Crippen molar-refractivity contribution in [3.8, 4) is 32.5 Å². The molecule has 0 saturated carbocycles. The maximum absolute atomic E-state index is 15.0. The van der Waals surface area contributed by atoms with Crippen LogP contribution in [0.1, 0.15) is 45.7 Å². The molecule has 0 spiro atoms. The molecule has 1 saturated heterocycles. The molecule has 2 aliphatic heterocycles. The average molecular weight is 572 g/mol. The fraction of sp³-hybridized carbons (Fsp3) is 0.281. The Morgan fingerprint density at radius 3 is 2.83 bits per heavy atom. The number of aromatic nitrogens is 1. The summed E-state index contributed by atoms with van der Waals surface area (Å²) in [4.78, 5) is 34.3. The van der Waals surface area contributed by atoms with E-state index < -0.39 is 5.82 Å². The Labute approximate surface area is 241 Å². The first-order valence-corrected chi connectivity index (χ1v) is 14.6. The Balaban J connectivity index is 1.29. The number of methoxy groups -OCH3 is 1. The Hall–Kier alpha value is -4.24. The van der Waals surface area contributed by atoms with Gasteiger partial charge in [-0.15, -0.1) is 11.3 Å². The van der Waals surface area contributed by atoms with Crippen molar-refractivity contribution in [3.63, 3.8) is 0 Å². The van der Waals surface area contributed by atoms with E-state index in [2.05, 4.69) is 5.32 Å². The van der Waals surface area contributed by atoms with Gasteiger partial charge in [-0.05, 0) is 49.6 Å². The lowest BCUT2D eigenvalue weighted by Crippen LogP contribution is -2.49. The first kappa shape index (κ1) is 27.0. The topological polar surface area (TPSA) is 80.8 Å². The number of rotatable bonds is 7. The number of carbonyl (C=O) groups is 2. The lowest BCUT2D eigenvalue weighted by atomic mass is 10.00. The number of hydrogen-bond acceptors (Lipinski definition) is 6. The molecule has 4 aromatic rings. The zero-order valence-corrected chi connectivity index (χ0v) is 23.5. The quantitative estimate of drug-likeness (QED) is 0.295. The van der Waals surface area contributed by atoms with E-state index in [1.165, 1.54) is 17.4 Å². The van der Waals surface area contributed by atoms with Gasteiger partial charge in [0.2, 0.25) is 0 Å². The van der Waals surface area contributed by atoms with Crippen LogP contribution in [0.15, 0.2) is 66.7 Å². The maximum atomic E-state index is 15.0. The van der Waals surface area contributed by atoms with Crippen LogP contribution in [0.5, 0.6) is 11.5 Å². The summed E-state index contributed by atoms with van der Waals surface area (Å²) in [5.74, 6) is 0.570. The molecule has 3 heterocycles. The van der Waals surface area contributed by atoms with Crippen LogP contribution in [0.25, 0.3) is 21.0 Å². The smallest absolute Gasteiger partial charge is 0.274 e. The van der Waals surface area contributed by atoms with Crippen LogP contribution >= 0.6 is 11.3 Å². The second-order valence-corrected chi connectivity index (χ2v) is 11.1. The van der Waals surface area contributed by atoms with Gasteiger partial charge in [-0.3, -0.25) is 9.59 Å². The molecule has 7 nitrogen and oxygen atoms in total. The number of nitrogens with one attached hydrogen (secondary N) is 1. The number of likely N-dealkylation sites (tertiary alicyclic amines) is 1. The van der Waals surface area contributed by atoms with Crippen molar-refractivity contribution in [1.82, 2.24) is 15.2 Å². The van der Waals surface area contributed by atoms with Crippen LogP contribution in [0.3, 0.4) is 0 Å². The van der Waals surface area contributed by atoms with Crippen molar-refractivity contribution < 1.29 is 23.5 Å². The van der Waals surface area contributed by atoms with Gasteiger partial charge in [-0.2, -0.15) is 0 Å². The summed E-state index contributed by atoms with van der Waals surface area (Å²) in [5, 5.41) is 3.66. The molecule has 0 bridgehead atoms. The molecule has 1 fully saturated rings. The monoisotopic (exact) mass is 571 g/mol. The largest absolute Gasteiger partial charge is 0.497 e. The average Bonchev–Trinajstić information content (AvgIpc) is 3.68. The fourth-order valence-corrected chi connectivity index (χ4v) is 6.61. The molecule has 9 heteroatoms. The van der Waals surface area contributed by atoms with E-state index in [1.807, 2.05) is 42.5 Å². The van der Waals surface area contributed by atoms with Crippen molar-refractivity contribution >= 4 is 23.2 Å². The van der Waals surface area contributed by atoms with Crippen LogP contribution in [0.4, 0.5) is 4.39 Å². The number of ether oxygens (including phenoxy) is 2. The van der Waals surface area contributed by atoms with Crippen molar-refractivity contribution in [2.24, 2.45) is 0 Å². The van der Waals surface area contributed by atoms with Crippen molar-refractivity contribution in [2.45, 2.75) is 31.7 Å². The van der Waals surface area contributed by atoms with Gasteiger partial charge in [0.15, 0.2) is 0 Å². The SMILES string of the molecule is COc1cccc(-c2nc(C(=O)N3CCCC[C@H]3CNC(=O)c3cccc4c3CCO4)c(-c3ccccc3F)s2)c1. The van der Waals surface area contributed by atoms with Crippen molar-refractivity contribution in [2.75, 3.05) is 26.8 Å². The first-order chi connectivity index (χ1) is 20.0. The second-order valence-electron chi connectivity index (χ2n) is 10.1. The third kappa shape index (κ3) is 5.41. The molecule has 3 aromatic carbocycles. The van der Waals surface area contributed by atoms with Gasteiger partial charge < -0.3 is 19.7 Å². The van der Waals surface area contributed by atoms with E-state index in [0.717, 1.165) is 36.1 Å². The zero-order valence-electron chi connectivity index (χ0n) is 22.7. The first-order valence-electron chi connectivity index (χ1n) is 13.8. The van der Waals surface area contributed by atoms with Gasteiger partial charge >= 0.3 is 0 Å². The van der Waals surface area contributed by atoms with Gasteiger partial charge in [0.05, 0.1) is 18.6 Å². The van der Waals surface area contributed by atoms with E-state index in [9.17, 15) is 9.59 Å². The Bertz CT molecular complexity index is 1600. The fourth-order valence-electron chi connectivity index (χ4n) is 5.53. The summed E-state index contributed by atoms with van der Waals surface area (Å²) in [6.45, 7) is 1.42. The van der Waals surface area contributed by atoms with Crippen LogP contribution in [0, 0.1) is 5.82 Å². The molecule has 1 N–H and O–H groups in total. The molecular formula is C32H30FN3O4S. The molecule has 0 radical (unpaired) electrons. The Kier molecular flexibility index (Phi) is 7.69. The summed E-state index contributed by atoms with van der Waals surface area (Å²) in [6, 6.07) is 19.2. The number of piperidine rings is 1. The maximum Gasteiger partial charge on any atom is 0.274 e. The lowest BCUT2D eigenvalue weighted by Gasteiger charge is -2.35. The van der Waals surface area contributed by atoms with Crippen LogP contribution < -0.4 is 14.8 Å². The highest BCUT2D eigenvalue weighted by Crippen LogP contribution is 2.39. The predicted molar refractivity (Wildman–Crippen MR) is 156 cm³/mol. The van der Waals surface area contributed by atoms with E-state index in [4.69, 9.17) is 14.5 Å². The number of nitrogens with zero attached hydrogens (tertiary/aromatic N) is 2. The molecule has 2 aliphatic rings. The summed E-state index contributed by atoms with van der Waals surface area (Å²) in [5.41, 5.74) is 2.87. The minimum atomic E-state index is -0.413. The molecule has 6 rings (SSSR count). The van der Waals surface area contributed by atoms with E-state index in [-0.39, 0.29) is 23.6 Å². The van der Waals surface area contributed by atoms with Crippen LogP contribution in [-0.4, -0.2) is 54.5 Å².